The first-order valence-electron chi connectivity index (χ1n) is 5.99. The van der Waals surface area contributed by atoms with Gasteiger partial charge in [-0.05, 0) is 37.1 Å². The van der Waals surface area contributed by atoms with Crippen LogP contribution in [0.25, 0.3) is 0 Å². The van der Waals surface area contributed by atoms with Crippen molar-refractivity contribution in [1.82, 2.24) is 5.32 Å². The maximum atomic E-state index is 8.63. The standard InChI is InChI=1S/C13H19Cl2NO/c14-12-6-5-11(13(15)9-12)10-16-7-3-1-2-4-8-17/h5-6,9,16-17H,1-4,7-8,10H2. The first-order chi connectivity index (χ1) is 8.24. The van der Waals surface area contributed by atoms with Gasteiger partial charge < -0.3 is 10.4 Å². The number of halogens is 2. The van der Waals surface area contributed by atoms with Crippen LogP contribution in [0.2, 0.25) is 10.0 Å². The molecule has 4 heteroatoms. The van der Waals surface area contributed by atoms with E-state index in [1.165, 1.54) is 0 Å². The Morgan fingerprint density at radius 1 is 1.06 bits per heavy atom. The van der Waals surface area contributed by atoms with Gasteiger partial charge in [-0.1, -0.05) is 42.1 Å². The number of nitrogens with one attached hydrogen (secondary N) is 1. The van der Waals surface area contributed by atoms with Crippen molar-refractivity contribution in [2.75, 3.05) is 13.2 Å². The maximum absolute atomic E-state index is 8.63. The molecule has 0 amide bonds. The van der Waals surface area contributed by atoms with Crippen molar-refractivity contribution in [3.63, 3.8) is 0 Å². The summed E-state index contributed by atoms with van der Waals surface area (Å²) < 4.78 is 0. The Hall–Kier alpha value is -0.280. The van der Waals surface area contributed by atoms with Crippen LogP contribution in [0.5, 0.6) is 0 Å². The first-order valence-corrected chi connectivity index (χ1v) is 6.75. The summed E-state index contributed by atoms with van der Waals surface area (Å²) in [4.78, 5) is 0. The fourth-order valence-electron chi connectivity index (χ4n) is 1.60. The molecular formula is C13H19Cl2NO. The van der Waals surface area contributed by atoms with Crippen LogP contribution in [0, 0.1) is 0 Å². The summed E-state index contributed by atoms with van der Waals surface area (Å²) in [6.45, 7) is 2.05. The second-order valence-electron chi connectivity index (χ2n) is 4.05. The van der Waals surface area contributed by atoms with Gasteiger partial charge in [-0.3, -0.25) is 0 Å². The highest BCUT2D eigenvalue weighted by molar-refractivity contribution is 6.35. The lowest BCUT2D eigenvalue weighted by Crippen LogP contribution is -2.14. The molecule has 1 rings (SSSR count). The molecule has 1 aromatic carbocycles. The highest BCUT2D eigenvalue weighted by atomic mass is 35.5. The molecule has 0 unspecified atom stereocenters. The van der Waals surface area contributed by atoms with E-state index in [1.807, 2.05) is 12.1 Å². The normalized spacial score (nSPS) is 10.8. The van der Waals surface area contributed by atoms with Crippen molar-refractivity contribution in [3.8, 4) is 0 Å². The monoisotopic (exact) mass is 275 g/mol. The zero-order valence-electron chi connectivity index (χ0n) is 9.88. The van der Waals surface area contributed by atoms with Gasteiger partial charge in [0.25, 0.3) is 0 Å². The number of rotatable bonds is 8. The van der Waals surface area contributed by atoms with Gasteiger partial charge in [0.2, 0.25) is 0 Å². The first kappa shape index (κ1) is 14.8. The van der Waals surface area contributed by atoms with E-state index in [4.69, 9.17) is 28.3 Å². The van der Waals surface area contributed by atoms with Crippen molar-refractivity contribution < 1.29 is 5.11 Å². The second kappa shape index (κ2) is 8.76. The molecule has 96 valence electrons. The molecule has 17 heavy (non-hydrogen) atoms. The smallest absolute Gasteiger partial charge is 0.0465 e. The van der Waals surface area contributed by atoms with E-state index in [-0.39, 0.29) is 0 Å². The number of unbranched alkanes of at least 4 members (excludes halogenated alkanes) is 3. The number of aliphatic hydroxyl groups excluding tert-OH is 1. The lowest BCUT2D eigenvalue weighted by molar-refractivity contribution is 0.282. The molecule has 0 aliphatic carbocycles. The Morgan fingerprint density at radius 3 is 2.53 bits per heavy atom. The molecule has 0 aliphatic rings. The molecule has 0 aromatic heterocycles. The summed E-state index contributed by atoms with van der Waals surface area (Å²) in [6, 6.07) is 5.57. The van der Waals surface area contributed by atoms with Crippen LogP contribution in [-0.4, -0.2) is 18.3 Å². The van der Waals surface area contributed by atoms with Crippen molar-refractivity contribution in [2.45, 2.75) is 32.2 Å². The Labute approximate surface area is 113 Å². The molecule has 0 spiro atoms. The third-order valence-electron chi connectivity index (χ3n) is 2.59. The Bertz CT molecular complexity index is 331. The van der Waals surface area contributed by atoms with Crippen LogP contribution >= 0.6 is 23.2 Å². The molecule has 1 aromatic rings. The van der Waals surface area contributed by atoms with Crippen LogP contribution in [0.3, 0.4) is 0 Å². The van der Waals surface area contributed by atoms with E-state index < -0.39 is 0 Å². The number of hydrogen-bond acceptors (Lipinski definition) is 2. The lowest BCUT2D eigenvalue weighted by atomic mass is 10.2. The highest BCUT2D eigenvalue weighted by Gasteiger charge is 2.00. The van der Waals surface area contributed by atoms with E-state index in [1.54, 1.807) is 6.07 Å². The summed E-state index contributed by atoms with van der Waals surface area (Å²) in [5.74, 6) is 0. The zero-order chi connectivity index (χ0) is 12.5. The molecule has 0 heterocycles. The van der Waals surface area contributed by atoms with Gasteiger partial charge in [-0.15, -0.1) is 0 Å². The van der Waals surface area contributed by atoms with Crippen molar-refractivity contribution in [3.05, 3.63) is 33.8 Å². The second-order valence-corrected chi connectivity index (χ2v) is 4.89. The van der Waals surface area contributed by atoms with Gasteiger partial charge in [0.15, 0.2) is 0 Å². The van der Waals surface area contributed by atoms with Crippen LogP contribution in [-0.2, 0) is 6.54 Å². The number of aliphatic hydroxyl groups is 1. The number of hydrogen-bond donors (Lipinski definition) is 2. The third kappa shape index (κ3) is 6.27. The van der Waals surface area contributed by atoms with E-state index in [0.29, 0.717) is 16.7 Å². The van der Waals surface area contributed by atoms with Crippen LogP contribution in [0.4, 0.5) is 0 Å². The molecule has 0 aliphatic heterocycles. The number of benzene rings is 1. The third-order valence-corrected chi connectivity index (χ3v) is 3.18. The van der Waals surface area contributed by atoms with Gasteiger partial charge in [0.05, 0.1) is 0 Å². The Balaban J connectivity index is 2.14. The Kier molecular flexibility index (Phi) is 7.62. The van der Waals surface area contributed by atoms with E-state index in [2.05, 4.69) is 5.32 Å². The van der Waals surface area contributed by atoms with Crippen LogP contribution in [0.15, 0.2) is 18.2 Å². The van der Waals surface area contributed by atoms with Gasteiger partial charge >= 0.3 is 0 Å². The van der Waals surface area contributed by atoms with Gasteiger partial charge in [0, 0.05) is 23.2 Å². The summed E-state index contributed by atoms with van der Waals surface area (Å²) in [5.41, 5.74) is 1.08. The minimum absolute atomic E-state index is 0.299. The molecule has 0 fully saturated rings. The minimum Gasteiger partial charge on any atom is -0.396 e. The average Bonchev–Trinajstić information content (AvgIpc) is 2.30. The predicted molar refractivity (Wildman–Crippen MR) is 73.7 cm³/mol. The summed E-state index contributed by atoms with van der Waals surface area (Å²) in [7, 11) is 0. The Morgan fingerprint density at radius 2 is 1.82 bits per heavy atom. The molecule has 0 saturated carbocycles. The molecule has 0 bridgehead atoms. The van der Waals surface area contributed by atoms with Crippen molar-refractivity contribution in [1.29, 1.82) is 0 Å². The summed E-state index contributed by atoms with van der Waals surface area (Å²) in [6.07, 6.45) is 4.29. The zero-order valence-corrected chi connectivity index (χ0v) is 11.4. The van der Waals surface area contributed by atoms with E-state index in [9.17, 15) is 0 Å². The molecule has 2 nitrogen and oxygen atoms in total. The lowest BCUT2D eigenvalue weighted by Gasteiger charge is -2.07. The largest absolute Gasteiger partial charge is 0.396 e. The van der Waals surface area contributed by atoms with E-state index in [0.717, 1.165) is 44.3 Å². The molecule has 0 saturated heterocycles. The summed E-state index contributed by atoms with van der Waals surface area (Å²) in [5, 5.41) is 13.4. The highest BCUT2D eigenvalue weighted by Crippen LogP contribution is 2.20. The van der Waals surface area contributed by atoms with Crippen LogP contribution < -0.4 is 5.32 Å². The van der Waals surface area contributed by atoms with Crippen molar-refractivity contribution >= 4 is 23.2 Å². The van der Waals surface area contributed by atoms with Gasteiger partial charge in [-0.25, -0.2) is 0 Å². The quantitative estimate of drug-likeness (QED) is 0.710. The maximum Gasteiger partial charge on any atom is 0.0465 e. The minimum atomic E-state index is 0.299. The van der Waals surface area contributed by atoms with E-state index >= 15 is 0 Å². The molecule has 2 N–H and O–H groups in total. The molecular weight excluding hydrogens is 257 g/mol. The average molecular weight is 276 g/mol. The van der Waals surface area contributed by atoms with Gasteiger partial charge in [-0.2, -0.15) is 0 Å². The van der Waals surface area contributed by atoms with Gasteiger partial charge in [0.1, 0.15) is 0 Å². The fraction of sp³-hybridized carbons (Fsp3) is 0.538. The summed E-state index contributed by atoms with van der Waals surface area (Å²) >= 11 is 11.9. The fourth-order valence-corrected chi connectivity index (χ4v) is 2.08. The van der Waals surface area contributed by atoms with Crippen molar-refractivity contribution in [2.24, 2.45) is 0 Å². The SMILES string of the molecule is OCCCCCCNCc1ccc(Cl)cc1Cl. The molecule has 0 atom stereocenters. The van der Waals surface area contributed by atoms with Crippen LogP contribution in [0.1, 0.15) is 31.2 Å². The predicted octanol–water partition coefficient (Wildman–Crippen LogP) is 3.64. The molecule has 0 radical (unpaired) electrons. The topological polar surface area (TPSA) is 32.3 Å².